The second-order valence-corrected chi connectivity index (χ2v) is 5.86. The molecule has 1 aliphatic heterocycles. The molecule has 1 aromatic carbocycles. The van der Waals surface area contributed by atoms with Gasteiger partial charge in [-0.1, -0.05) is 15.9 Å². The first-order valence-corrected chi connectivity index (χ1v) is 7.68. The summed E-state index contributed by atoms with van der Waals surface area (Å²) in [5, 5.41) is 3.40. The van der Waals surface area contributed by atoms with Crippen molar-refractivity contribution in [2.45, 2.75) is 19.3 Å². The van der Waals surface area contributed by atoms with E-state index in [1.165, 1.54) is 12.8 Å². The van der Waals surface area contributed by atoms with Crippen molar-refractivity contribution in [3.8, 4) is 17.2 Å². The highest BCUT2D eigenvalue weighted by molar-refractivity contribution is 9.10. The second kappa shape index (κ2) is 7.18. The third-order valence-corrected chi connectivity index (χ3v) is 4.54. The molecule has 0 saturated carbocycles. The van der Waals surface area contributed by atoms with Gasteiger partial charge in [0.15, 0.2) is 11.5 Å². The highest BCUT2D eigenvalue weighted by Gasteiger charge is 2.23. The van der Waals surface area contributed by atoms with Crippen LogP contribution in [0, 0.1) is 5.92 Å². The standard InChI is InChI=1S/C15H22BrNO3/c1-18-13-9-12(16)11(14(19-2)15(13)20-3)8-10-4-6-17-7-5-10/h9-10,17H,4-8H2,1-3H3. The first kappa shape index (κ1) is 15.4. The Morgan fingerprint density at radius 2 is 1.75 bits per heavy atom. The number of piperidine rings is 1. The third kappa shape index (κ3) is 3.20. The van der Waals surface area contributed by atoms with Crippen molar-refractivity contribution in [1.82, 2.24) is 5.32 Å². The molecular formula is C15H22BrNO3. The van der Waals surface area contributed by atoms with Crippen molar-refractivity contribution in [2.24, 2.45) is 5.92 Å². The highest BCUT2D eigenvalue weighted by atomic mass is 79.9. The van der Waals surface area contributed by atoms with E-state index in [2.05, 4.69) is 21.2 Å². The minimum atomic E-state index is 0.669. The van der Waals surface area contributed by atoms with Crippen molar-refractivity contribution in [3.05, 3.63) is 16.1 Å². The van der Waals surface area contributed by atoms with Crippen molar-refractivity contribution >= 4 is 15.9 Å². The molecule has 0 atom stereocenters. The summed E-state index contributed by atoms with van der Waals surface area (Å²) in [4.78, 5) is 0. The maximum absolute atomic E-state index is 5.58. The molecule has 1 saturated heterocycles. The Balaban J connectivity index is 2.35. The summed E-state index contributed by atoms with van der Waals surface area (Å²) in [6.45, 7) is 2.19. The van der Waals surface area contributed by atoms with E-state index in [-0.39, 0.29) is 0 Å². The molecule has 1 aromatic rings. The third-order valence-electron chi connectivity index (χ3n) is 3.83. The van der Waals surface area contributed by atoms with E-state index in [0.29, 0.717) is 17.4 Å². The molecule has 1 aliphatic rings. The largest absolute Gasteiger partial charge is 0.493 e. The zero-order chi connectivity index (χ0) is 14.5. The van der Waals surface area contributed by atoms with Crippen LogP contribution >= 0.6 is 15.9 Å². The van der Waals surface area contributed by atoms with Gasteiger partial charge in [-0.3, -0.25) is 0 Å². The summed E-state index contributed by atoms with van der Waals surface area (Å²) in [7, 11) is 4.95. The molecule has 0 unspecified atom stereocenters. The molecule has 0 aromatic heterocycles. The van der Waals surface area contributed by atoms with E-state index in [0.717, 1.165) is 35.3 Å². The van der Waals surface area contributed by atoms with Crippen molar-refractivity contribution in [3.63, 3.8) is 0 Å². The predicted octanol–water partition coefficient (Wildman–Crippen LogP) is 3.02. The Morgan fingerprint density at radius 1 is 1.10 bits per heavy atom. The van der Waals surface area contributed by atoms with E-state index < -0.39 is 0 Å². The van der Waals surface area contributed by atoms with Gasteiger partial charge in [-0.25, -0.2) is 0 Å². The molecule has 0 bridgehead atoms. The minimum Gasteiger partial charge on any atom is -0.493 e. The lowest BCUT2D eigenvalue weighted by molar-refractivity contribution is 0.316. The van der Waals surface area contributed by atoms with Gasteiger partial charge in [0.2, 0.25) is 5.75 Å². The van der Waals surface area contributed by atoms with Gasteiger partial charge in [0.25, 0.3) is 0 Å². The van der Waals surface area contributed by atoms with E-state index in [9.17, 15) is 0 Å². The fourth-order valence-electron chi connectivity index (χ4n) is 2.75. The summed E-state index contributed by atoms with van der Waals surface area (Å²) in [5.41, 5.74) is 1.16. The van der Waals surface area contributed by atoms with Gasteiger partial charge in [-0.2, -0.15) is 0 Å². The lowest BCUT2D eigenvalue weighted by Gasteiger charge is -2.25. The first-order chi connectivity index (χ1) is 9.71. The summed E-state index contributed by atoms with van der Waals surface area (Å²) >= 11 is 3.64. The molecule has 0 aliphatic carbocycles. The highest BCUT2D eigenvalue weighted by Crippen LogP contribution is 2.45. The number of rotatable bonds is 5. The zero-order valence-corrected chi connectivity index (χ0v) is 13.9. The van der Waals surface area contributed by atoms with Crippen LogP contribution in [0.1, 0.15) is 18.4 Å². The molecule has 0 amide bonds. The maximum atomic E-state index is 5.58. The molecule has 4 nitrogen and oxygen atoms in total. The molecule has 1 N–H and O–H groups in total. The second-order valence-electron chi connectivity index (χ2n) is 5.00. The number of nitrogens with one attached hydrogen (secondary N) is 1. The fourth-order valence-corrected chi connectivity index (χ4v) is 3.30. The molecule has 1 heterocycles. The van der Waals surface area contributed by atoms with Crippen molar-refractivity contribution in [1.29, 1.82) is 0 Å². The minimum absolute atomic E-state index is 0.669. The van der Waals surface area contributed by atoms with Crippen LogP contribution in [-0.4, -0.2) is 34.4 Å². The molecule has 0 spiro atoms. The summed E-state index contributed by atoms with van der Waals surface area (Å²) in [6.07, 6.45) is 3.39. The Labute approximate surface area is 128 Å². The number of ether oxygens (including phenoxy) is 3. The van der Waals surface area contributed by atoms with Gasteiger partial charge in [-0.05, 0) is 44.3 Å². The topological polar surface area (TPSA) is 39.7 Å². The number of methoxy groups -OCH3 is 3. The molecule has 0 radical (unpaired) electrons. The van der Waals surface area contributed by atoms with Crippen molar-refractivity contribution in [2.75, 3.05) is 34.4 Å². The van der Waals surface area contributed by atoms with Gasteiger partial charge in [0, 0.05) is 10.0 Å². The van der Waals surface area contributed by atoms with Crippen LogP contribution in [0.5, 0.6) is 17.2 Å². The Kier molecular flexibility index (Phi) is 5.54. The lowest BCUT2D eigenvalue weighted by Crippen LogP contribution is -2.28. The first-order valence-electron chi connectivity index (χ1n) is 6.89. The Morgan fingerprint density at radius 3 is 2.30 bits per heavy atom. The van der Waals surface area contributed by atoms with Crippen LogP contribution in [0.25, 0.3) is 0 Å². The van der Waals surface area contributed by atoms with Crippen LogP contribution in [0.2, 0.25) is 0 Å². The number of benzene rings is 1. The molecular weight excluding hydrogens is 322 g/mol. The molecule has 5 heteroatoms. The Bertz CT molecular complexity index is 459. The zero-order valence-electron chi connectivity index (χ0n) is 12.3. The van der Waals surface area contributed by atoms with Crippen LogP contribution in [0.4, 0.5) is 0 Å². The van der Waals surface area contributed by atoms with Crippen LogP contribution in [0.3, 0.4) is 0 Å². The van der Waals surface area contributed by atoms with Crippen molar-refractivity contribution < 1.29 is 14.2 Å². The van der Waals surface area contributed by atoms with Gasteiger partial charge >= 0.3 is 0 Å². The number of hydrogen-bond donors (Lipinski definition) is 1. The van der Waals surface area contributed by atoms with E-state index in [4.69, 9.17) is 14.2 Å². The SMILES string of the molecule is COc1cc(Br)c(CC2CCNCC2)c(OC)c1OC. The smallest absolute Gasteiger partial charge is 0.203 e. The quantitative estimate of drug-likeness (QED) is 0.891. The maximum Gasteiger partial charge on any atom is 0.203 e. The van der Waals surface area contributed by atoms with E-state index in [1.807, 2.05) is 6.07 Å². The number of halogens is 1. The van der Waals surface area contributed by atoms with Gasteiger partial charge in [0.1, 0.15) is 0 Å². The van der Waals surface area contributed by atoms with Gasteiger partial charge in [0.05, 0.1) is 21.3 Å². The molecule has 112 valence electrons. The molecule has 20 heavy (non-hydrogen) atoms. The summed E-state index contributed by atoms with van der Waals surface area (Å²) in [6, 6.07) is 1.96. The van der Waals surface area contributed by atoms with Crippen LogP contribution < -0.4 is 19.5 Å². The van der Waals surface area contributed by atoms with Gasteiger partial charge in [-0.15, -0.1) is 0 Å². The monoisotopic (exact) mass is 343 g/mol. The normalized spacial score (nSPS) is 16.0. The lowest BCUT2D eigenvalue weighted by atomic mass is 9.90. The Hall–Kier alpha value is -0.940. The van der Waals surface area contributed by atoms with Gasteiger partial charge < -0.3 is 19.5 Å². The van der Waals surface area contributed by atoms with E-state index in [1.54, 1.807) is 21.3 Å². The van der Waals surface area contributed by atoms with Crippen LogP contribution in [0.15, 0.2) is 10.5 Å². The van der Waals surface area contributed by atoms with Crippen LogP contribution in [-0.2, 0) is 6.42 Å². The summed E-state index contributed by atoms with van der Waals surface area (Å²) < 4.78 is 17.4. The average Bonchev–Trinajstić information content (AvgIpc) is 2.49. The molecule has 1 fully saturated rings. The summed E-state index contributed by atoms with van der Waals surface area (Å²) in [5.74, 6) is 2.81. The predicted molar refractivity (Wildman–Crippen MR) is 83.1 cm³/mol. The number of hydrogen-bond acceptors (Lipinski definition) is 4. The average molecular weight is 344 g/mol. The fraction of sp³-hybridized carbons (Fsp3) is 0.600. The van der Waals surface area contributed by atoms with E-state index >= 15 is 0 Å². The molecule has 2 rings (SSSR count).